The predicted molar refractivity (Wildman–Crippen MR) is 173 cm³/mol. The van der Waals surface area contributed by atoms with E-state index < -0.39 is 23.0 Å². The second-order valence-electron chi connectivity index (χ2n) is 12.2. The van der Waals surface area contributed by atoms with Gasteiger partial charge in [0.1, 0.15) is 0 Å². The number of rotatable bonds is 13. The molecule has 0 aromatic carbocycles. The number of carbonyl (C=O) groups excluding carboxylic acids is 2. The highest BCUT2D eigenvalue weighted by molar-refractivity contribution is 5.96. The molecule has 0 saturated heterocycles. The topological polar surface area (TPSA) is 169 Å². The fourth-order valence-corrected chi connectivity index (χ4v) is 5.42. The minimum atomic E-state index is -0.700. The zero-order valence-corrected chi connectivity index (χ0v) is 27.2. The van der Waals surface area contributed by atoms with E-state index >= 15 is 0 Å². The summed E-state index contributed by atoms with van der Waals surface area (Å²) >= 11 is 0. The molecule has 15 heteroatoms. The van der Waals surface area contributed by atoms with Gasteiger partial charge >= 0.3 is 5.69 Å². The van der Waals surface area contributed by atoms with Gasteiger partial charge in [0.05, 0.1) is 19.3 Å². The van der Waals surface area contributed by atoms with Gasteiger partial charge in [0.2, 0.25) is 11.3 Å². The lowest BCUT2D eigenvalue weighted by Gasteiger charge is -2.35. The average molecular weight is 650 g/mol. The first-order valence-electron chi connectivity index (χ1n) is 15.8. The molecule has 14 nitrogen and oxygen atoms in total. The van der Waals surface area contributed by atoms with Crippen LogP contribution in [0.1, 0.15) is 70.1 Å². The number of fused-ring (bicyclic) bond motifs is 2. The standard InChI is InChI=1S/C32H40FN9O5/c1-6-7-12-47-28-24(43)13-21(41-11-10-40(19(4)5)31(45)27(28)41)15-34-26(44)14-23(18(2)3)36-30-22(33)16-35-29(37-30)20-8-9-25-38-39-32(46)42(25)17-20/h8-9,13,16-19,23H,6-7,10-12,14-15H2,1-5H3,(H,34,44)(H,39,46)(H,35,36,37)/t23-/m1/s1. The van der Waals surface area contributed by atoms with Crippen LogP contribution < -0.4 is 26.5 Å². The van der Waals surface area contributed by atoms with Crippen LogP contribution in [0.4, 0.5) is 10.2 Å². The van der Waals surface area contributed by atoms with E-state index in [4.69, 9.17) is 4.74 Å². The lowest BCUT2D eigenvalue weighted by atomic mass is 10.0. The van der Waals surface area contributed by atoms with E-state index in [1.165, 1.54) is 16.7 Å². The molecule has 1 atom stereocenters. The van der Waals surface area contributed by atoms with Crippen molar-refractivity contribution in [1.29, 1.82) is 0 Å². The minimum absolute atomic E-state index is 0.0119. The molecule has 0 bridgehead atoms. The summed E-state index contributed by atoms with van der Waals surface area (Å²) in [5.74, 6) is -1.30. The van der Waals surface area contributed by atoms with E-state index in [2.05, 4.69) is 30.8 Å². The summed E-state index contributed by atoms with van der Waals surface area (Å²) in [6.07, 6.45) is 4.13. The predicted octanol–water partition coefficient (Wildman–Crippen LogP) is 2.97. The van der Waals surface area contributed by atoms with E-state index in [-0.39, 0.29) is 59.8 Å². The number of carbonyl (C=O) groups is 2. The summed E-state index contributed by atoms with van der Waals surface area (Å²) < 4.78 is 23.8. The molecule has 0 radical (unpaired) electrons. The number of unbranched alkanes of at least 4 members (excludes halogenated alkanes) is 1. The normalized spacial score (nSPS) is 13.7. The number of aromatic amines is 1. The summed E-state index contributed by atoms with van der Waals surface area (Å²) in [5.41, 5.74) is 0.732. The third-order valence-corrected chi connectivity index (χ3v) is 8.16. The van der Waals surface area contributed by atoms with Crippen molar-refractivity contribution in [3.8, 4) is 17.1 Å². The lowest BCUT2D eigenvalue weighted by Crippen LogP contribution is -2.46. The number of hydrogen-bond acceptors (Lipinski definition) is 9. The summed E-state index contributed by atoms with van der Waals surface area (Å²) in [6, 6.07) is 4.12. The number of anilines is 1. The Bertz CT molecular complexity index is 1900. The van der Waals surface area contributed by atoms with Crippen LogP contribution in [0.15, 0.2) is 40.2 Å². The highest BCUT2D eigenvalue weighted by Gasteiger charge is 2.32. The van der Waals surface area contributed by atoms with Crippen LogP contribution in [0.5, 0.6) is 5.75 Å². The highest BCUT2D eigenvalue weighted by Crippen LogP contribution is 2.25. The molecule has 250 valence electrons. The van der Waals surface area contributed by atoms with Gasteiger partial charge in [-0.3, -0.25) is 14.4 Å². The smallest absolute Gasteiger partial charge is 0.347 e. The van der Waals surface area contributed by atoms with Crippen LogP contribution in [0.25, 0.3) is 17.0 Å². The van der Waals surface area contributed by atoms with Crippen molar-refractivity contribution in [3.05, 3.63) is 68.5 Å². The van der Waals surface area contributed by atoms with Gasteiger partial charge in [0.15, 0.2) is 34.6 Å². The van der Waals surface area contributed by atoms with Crippen LogP contribution in [-0.2, 0) is 17.9 Å². The third kappa shape index (κ3) is 7.18. The quantitative estimate of drug-likeness (QED) is 0.184. The number of hydrogen-bond donors (Lipinski definition) is 3. The van der Waals surface area contributed by atoms with E-state index in [0.717, 1.165) is 19.0 Å². The van der Waals surface area contributed by atoms with Gasteiger partial charge in [-0.25, -0.2) is 28.7 Å². The van der Waals surface area contributed by atoms with E-state index in [1.54, 1.807) is 21.6 Å². The maximum absolute atomic E-state index is 14.9. The molecule has 0 saturated carbocycles. The second kappa shape index (κ2) is 14.1. The first kappa shape index (κ1) is 33.3. The van der Waals surface area contributed by atoms with Crippen molar-refractivity contribution in [2.45, 2.75) is 79.1 Å². The lowest BCUT2D eigenvalue weighted by molar-refractivity contribution is -0.121. The number of nitrogens with zero attached hydrogens (tertiary/aromatic N) is 6. The number of halogens is 1. The molecule has 4 aromatic heterocycles. The molecule has 5 heterocycles. The molecule has 0 aliphatic carbocycles. The summed E-state index contributed by atoms with van der Waals surface area (Å²) in [6.45, 7) is 10.9. The second-order valence-corrected chi connectivity index (χ2v) is 12.2. The first-order chi connectivity index (χ1) is 22.5. The van der Waals surface area contributed by atoms with Crippen LogP contribution >= 0.6 is 0 Å². The molecule has 3 N–H and O–H groups in total. The van der Waals surface area contributed by atoms with Crippen LogP contribution in [0.3, 0.4) is 0 Å². The molecule has 4 aromatic rings. The average Bonchev–Trinajstić information content (AvgIpc) is 3.41. The van der Waals surface area contributed by atoms with Gasteiger partial charge in [-0.1, -0.05) is 27.2 Å². The maximum Gasteiger partial charge on any atom is 0.347 e. The Balaban J connectivity index is 1.32. The van der Waals surface area contributed by atoms with Gasteiger partial charge < -0.3 is 24.8 Å². The Morgan fingerprint density at radius 1 is 1.15 bits per heavy atom. The van der Waals surface area contributed by atoms with Crippen molar-refractivity contribution in [3.63, 3.8) is 0 Å². The number of H-pyrrole nitrogens is 1. The zero-order valence-electron chi connectivity index (χ0n) is 27.2. The minimum Gasteiger partial charge on any atom is -0.487 e. The first-order valence-corrected chi connectivity index (χ1v) is 15.8. The molecule has 2 amide bonds. The monoisotopic (exact) mass is 649 g/mol. The molecule has 1 aliphatic heterocycles. The summed E-state index contributed by atoms with van der Waals surface area (Å²) in [7, 11) is 0. The molecular formula is C32H40FN9O5. The Labute approximate surface area is 270 Å². The number of ether oxygens (including phenoxy) is 1. The van der Waals surface area contributed by atoms with Crippen molar-refractivity contribution < 1.29 is 18.7 Å². The number of pyridine rings is 2. The van der Waals surface area contributed by atoms with Gasteiger partial charge in [-0.2, -0.15) is 5.10 Å². The molecular weight excluding hydrogens is 609 g/mol. The number of nitrogens with one attached hydrogen (secondary N) is 3. The molecule has 0 spiro atoms. The van der Waals surface area contributed by atoms with Crippen LogP contribution in [0, 0.1) is 11.7 Å². The maximum atomic E-state index is 14.9. The van der Waals surface area contributed by atoms with Crippen molar-refractivity contribution in [1.82, 2.24) is 39.3 Å². The van der Waals surface area contributed by atoms with Crippen molar-refractivity contribution >= 4 is 23.3 Å². The SMILES string of the molecule is CCCCOc1c2n(c(CNC(=O)C[C@@H](Nc3nc(-c4ccc5n[nH]c(=O)n5c4)ncc3F)C(C)C)cc1=O)CCN(C(C)C)C2=O. The van der Waals surface area contributed by atoms with E-state index in [9.17, 15) is 23.6 Å². The Morgan fingerprint density at radius 2 is 1.94 bits per heavy atom. The number of aromatic nitrogens is 6. The Kier molecular flexibility index (Phi) is 10.0. The van der Waals surface area contributed by atoms with Crippen molar-refractivity contribution in [2.75, 3.05) is 18.5 Å². The highest BCUT2D eigenvalue weighted by atomic mass is 19.1. The molecule has 1 aliphatic rings. The van der Waals surface area contributed by atoms with Gasteiger partial charge in [-0.05, 0) is 38.3 Å². The molecule has 0 unspecified atom stereocenters. The Hall–Kier alpha value is -5.08. The van der Waals surface area contributed by atoms with Gasteiger partial charge in [0.25, 0.3) is 5.91 Å². The largest absolute Gasteiger partial charge is 0.487 e. The molecule has 5 rings (SSSR count). The summed E-state index contributed by atoms with van der Waals surface area (Å²) in [4.78, 5) is 62.0. The fourth-order valence-electron chi connectivity index (χ4n) is 5.42. The third-order valence-electron chi connectivity index (χ3n) is 8.16. The molecule has 47 heavy (non-hydrogen) atoms. The van der Waals surface area contributed by atoms with Gasteiger partial charge in [-0.15, -0.1) is 0 Å². The van der Waals surface area contributed by atoms with Crippen LogP contribution in [0.2, 0.25) is 0 Å². The van der Waals surface area contributed by atoms with Crippen molar-refractivity contribution in [2.24, 2.45) is 5.92 Å². The van der Waals surface area contributed by atoms with E-state index in [1.807, 2.05) is 34.6 Å². The number of amides is 2. The fraction of sp³-hybridized carbons (Fsp3) is 0.469. The Morgan fingerprint density at radius 3 is 2.66 bits per heavy atom. The van der Waals surface area contributed by atoms with Crippen LogP contribution in [-0.4, -0.2) is 71.1 Å². The molecule has 0 fully saturated rings. The zero-order chi connectivity index (χ0) is 33.8. The van der Waals surface area contributed by atoms with E-state index in [0.29, 0.717) is 36.6 Å². The summed E-state index contributed by atoms with van der Waals surface area (Å²) in [5, 5.41) is 12.2. The van der Waals surface area contributed by atoms with Gasteiger partial charge in [0, 0.05) is 55.1 Å².